The summed E-state index contributed by atoms with van der Waals surface area (Å²) in [6, 6.07) is 0. The first-order valence-corrected chi connectivity index (χ1v) is 28.4. The molecule has 0 aromatic carbocycles. The van der Waals surface area contributed by atoms with E-state index in [0.717, 1.165) is 64.2 Å². The van der Waals surface area contributed by atoms with E-state index in [1.807, 2.05) is 21.1 Å². The van der Waals surface area contributed by atoms with Gasteiger partial charge in [-0.05, 0) is 57.8 Å². The maximum atomic E-state index is 12.8. The van der Waals surface area contributed by atoms with E-state index < -0.39 is 24.3 Å². The van der Waals surface area contributed by atoms with Crippen LogP contribution >= 0.6 is 0 Å². The number of hydrogen-bond acceptors (Lipinski definition) is 8. The van der Waals surface area contributed by atoms with Gasteiger partial charge in [0.25, 0.3) is 0 Å². The van der Waals surface area contributed by atoms with Crippen LogP contribution in [0.3, 0.4) is 0 Å². The van der Waals surface area contributed by atoms with Gasteiger partial charge in [0, 0.05) is 12.8 Å². The number of unbranched alkanes of at least 4 members (excludes halogenated alkanes) is 27. The highest BCUT2D eigenvalue weighted by molar-refractivity contribution is 5.70. The van der Waals surface area contributed by atoms with Gasteiger partial charge in [0.1, 0.15) is 13.2 Å². The quantitative estimate of drug-likeness (QED) is 0.0195. The first-order chi connectivity index (χ1) is 33.6. The number of carbonyl (C=O) groups is 3. The molecular weight excluding hydrogens is 863 g/mol. The number of aliphatic carboxylic acids is 1. The van der Waals surface area contributed by atoms with Crippen molar-refractivity contribution in [1.29, 1.82) is 0 Å². The van der Waals surface area contributed by atoms with Crippen LogP contribution in [0.1, 0.15) is 245 Å². The highest BCUT2D eigenvalue weighted by Crippen LogP contribution is 2.17. The smallest absolute Gasteiger partial charge is 0.306 e. The minimum atomic E-state index is -1.62. The molecule has 2 atom stereocenters. The largest absolute Gasteiger partial charge is 0.545 e. The van der Waals surface area contributed by atoms with Crippen molar-refractivity contribution in [2.45, 2.75) is 257 Å². The van der Waals surface area contributed by atoms with E-state index in [-0.39, 0.29) is 32.2 Å². The number of nitrogens with zero attached hydrogens (tertiary/aromatic N) is 1. The van der Waals surface area contributed by atoms with Crippen LogP contribution in [0.25, 0.3) is 0 Å². The van der Waals surface area contributed by atoms with Crippen molar-refractivity contribution in [3.05, 3.63) is 60.8 Å². The third-order valence-electron chi connectivity index (χ3n) is 12.3. The lowest BCUT2D eigenvalue weighted by molar-refractivity contribution is -0.870. The zero-order chi connectivity index (χ0) is 50.6. The summed E-state index contributed by atoms with van der Waals surface area (Å²) in [4.78, 5) is 36.9. The van der Waals surface area contributed by atoms with Gasteiger partial charge in [-0.1, -0.05) is 235 Å². The summed E-state index contributed by atoms with van der Waals surface area (Å²) in [7, 11) is 5.91. The molecule has 0 aromatic heterocycles. The molecule has 400 valence electrons. The Labute approximate surface area is 425 Å². The molecule has 0 saturated carbocycles. The number of likely N-dealkylation sites (N-methyl/N-ethyl adjacent to an activating group) is 1. The Kier molecular flexibility index (Phi) is 49.1. The molecule has 9 heteroatoms. The van der Waals surface area contributed by atoms with Crippen LogP contribution in [0, 0.1) is 0 Å². The molecule has 69 heavy (non-hydrogen) atoms. The zero-order valence-electron chi connectivity index (χ0n) is 45.4. The summed E-state index contributed by atoms with van der Waals surface area (Å²) in [6.07, 6.45) is 61.8. The van der Waals surface area contributed by atoms with Crippen molar-refractivity contribution in [2.24, 2.45) is 0 Å². The lowest BCUT2D eigenvalue weighted by atomic mass is 10.0. The van der Waals surface area contributed by atoms with Gasteiger partial charge in [0.15, 0.2) is 12.4 Å². The molecule has 0 amide bonds. The van der Waals surface area contributed by atoms with E-state index in [0.29, 0.717) is 23.9 Å². The number of esters is 2. The highest BCUT2D eigenvalue weighted by atomic mass is 16.7. The average molecular weight is 971 g/mol. The van der Waals surface area contributed by atoms with E-state index in [2.05, 4.69) is 74.6 Å². The number of allylic oxidation sites excluding steroid dienone is 10. The number of carbonyl (C=O) groups excluding carboxylic acids is 3. The lowest BCUT2D eigenvalue weighted by Gasteiger charge is -2.26. The van der Waals surface area contributed by atoms with Crippen molar-refractivity contribution in [1.82, 2.24) is 0 Å². The second kappa shape index (κ2) is 51.3. The van der Waals surface area contributed by atoms with Gasteiger partial charge >= 0.3 is 11.9 Å². The summed E-state index contributed by atoms with van der Waals surface area (Å²) in [5.74, 6) is -2.28. The topological polar surface area (TPSA) is 111 Å². The highest BCUT2D eigenvalue weighted by Gasteiger charge is 2.22. The molecule has 0 bridgehead atoms. The van der Waals surface area contributed by atoms with Gasteiger partial charge < -0.3 is 33.3 Å². The number of carboxylic acid groups (broad SMARTS) is 1. The second-order valence-corrected chi connectivity index (χ2v) is 20.2. The molecule has 0 aromatic rings. The molecule has 0 rings (SSSR count). The Morgan fingerprint density at radius 2 is 0.826 bits per heavy atom. The average Bonchev–Trinajstić information content (AvgIpc) is 3.31. The number of hydrogen-bond donors (Lipinski definition) is 0. The summed E-state index contributed by atoms with van der Waals surface area (Å²) in [5.41, 5.74) is 0. The summed E-state index contributed by atoms with van der Waals surface area (Å²) in [6.45, 7) is 4.59. The number of ether oxygens (including phenoxy) is 4. The Bertz CT molecular complexity index is 1310. The third kappa shape index (κ3) is 52.6. The van der Waals surface area contributed by atoms with E-state index in [4.69, 9.17) is 18.9 Å². The first-order valence-electron chi connectivity index (χ1n) is 28.4. The maximum Gasteiger partial charge on any atom is 0.306 e. The molecule has 2 unspecified atom stereocenters. The van der Waals surface area contributed by atoms with E-state index >= 15 is 0 Å². The lowest BCUT2D eigenvalue weighted by Crippen LogP contribution is -2.44. The Morgan fingerprint density at radius 3 is 1.23 bits per heavy atom. The van der Waals surface area contributed by atoms with Crippen molar-refractivity contribution in [3.63, 3.8) is 0 Å². The fraction of sp³-hybridized carbons (Fsp3) is 0.783. The third-order valence-corrected chi connectivity index (χ3v) is 12.3. The minimum Gasteiger partial charge on any atom is -0.545 e. The van der Waals surface area contributed by atoms with Gasteiger partial charge in [-0.15, -0.1) is 0 Å². The zero-order valence-corrected chi connectivity index (χ0v) is 45.4. The SMILES string of the molecule is CC/C=C\C/C=C\C/C=C\C/C=C\C/C=C\CCCCCCCCCCCCCCCCCCCCCCCC(=O)OC(COC(=O)CCCCCCCCC)COC(OCC[N+](C)(C)C)C(=O)[O-]. The Hall–Kier alpha value is -3.01. The first kappa shape index (κ1) is 66.0. The number of carboxylic acids is 1. The predicted molar refractivity (Wildman–Crippen MR) is 288 cm³/mol. The van der Waals surface area contributed by atoms with Crippen LogP contribution in [0.5, 0.6) is 0 Å². The molecule has 0 fully saturated rings. The summed E-state index contributed by atoms with van der Waals surface area (Å²) < 4.78 is 22.5. The van der Waals surface area contributed by atoms with Crippen LogP contribution < -0.4 is 5.11 Å². The van der Waals surface area contributed by atoms with Crippen molar-refractivity contribution in [3.8, 4) is 0 Å². The Balaban J connectivity index is 3.89. The normalized spacial score (nSPS) is 13.2. The van der Waals surface area contributed by atoms with E-state index in [1.165, 1.54) is 148 Å². The van der Waals surface area contributed by atoms with Crippen molar-refractivity contribution >= 4 is 17.9 Å². The molecule has 0 heterocycles. The maximum absolute atomic E-state index is 12.8. The molecule has 0 N–H and O–H groups in total. The molecular formula is C60H107NO8. The molecule has 0 spiro atoms. The molecule has 0 saturated heterocycles. The monoisotopic (exact) mass is 970 g/mol. The standard InChI is InChI=1S/C60H107NO8/c1-6-8-10-12-14-15-16-17-18-19-20-21-22-23-24-25-26-27-28-29-30-31-32-33-34-35-36-37-38-39-40-41-42-43-45-47-49-51-58(63)69-56(54-67-57(62)50-48-46-44-13-11-9-7-2)55-68-60(59(64)65)66-53-52-61(3,4)5/h8,10,14-15,17-18,20-21,23-24,56,60H,6-7,9,11-13,16,19,22,25-55H2,1-5H3/b10-8-,15-14-,18-17-,21-20-,24-23-. The second-order valence-electron chi connectivity index (χ2n) is 20.2. The van der Waals surface area contributed by atoms with E-state index in [9.17, 15) is 19.5 Å². The van der Waals surface area contributed by atoms with Gasteiger partial charge in [-0.2, -0.15) is 0 Å². The van der Waals surface area contributed by atoms with Crippen LogP contribution in [-0.2, 0) is 33.3 Å². The van der Waals surface area contributed by atoms with Crippen molar-refractivity contribution < 1.29 is 42.9 Å². The van der Waals surface area contributed by atoms with Gasteiger partial charge in [-0.3, -0.25) is 9.59 Å². The Morgan fingerprint density at radius 1 is 0.449 bits per heavy atom. The summed E-state index contributed by atoms with van der Waals surface area (Å²) in [5, 5.41) is 11.7. The van der Waals surface area contributed by atoms with Gasteiger partial charge in [0.05, 0.1) is 40.3 Å². The van der Waals surface area contributed by atoms with E-state index in [1.54, 1.807) is 0 Å². The molecule has 0 aliphatic carbocycles. The number of rotatable bonds is 52. The van der Waals surface area contributed by atoms with Crippen LogP contribution in [0.4, 0.5) is 0 Å². The van der Waals surface area contributed by atoms with Crippen LogP contribution in [0.2, 0.25) is 0 Å². The fourth-order valence-corrected chi connectivity index (χ4v) is 7.92. The number of quaternary nitrogens is 1. The van der Waals surface area contributed by atoms with Crippen molar-refractivity contribution in [2.75, 3.05) is 47.5 Å². The molecule has 0 aliphatic heterocycles. The van der Waals surface area contributed by atoms with Gasteiger partial charge in [0.2, 0.25) is 0 Å². The van der Waals surface area contributed by atoms with Gasteiger partial charge in [-0.25, -0.2) is 0 Å². The minimum absolute atomic E-state index is 0.149. The van der Waals surface area contributed by atoms with Crippen LogP contribution in [0.15, 0.2) is 60.8 Å². The molecule has 0 aliphatic rings. The van der Waals surface area contributed by atoms with Crippen LogP contribution in [-0.4, -0.2) is 82.3 Å². The fourth-order valence-electron chi connectivity index (χ4n) is 7.92. The predicted octanol–water partition coefficient (Wildman–Crippen LogP) is 15.1. The molecule has 0 radical (unpaired) electrons. The molecule has 9 nitrogen and oxygen atoms in total. The summed E-state index contributed by atoms with van der Waals surface area (Å²) >= 11 is 0.